The molecule has 0 saturated carbocycles. The third-order valence-corrected chi connectivity index (χ3v) is 5.24. The predicted molar refractivity (Wildman–Crippen MR) is 91.3 cm³/mol. The van der Waals surface area contributed by atoms with Gasteiger partial charge in [-0.05, 0) is 31.7 Å². The molecule has 1 aliphatic carbocycles. The summed E-state index contributed by atoms with van der Waals surface area (Å²) in [6, 6.07) is 1.78. The van der Waals surface area contributed by atoms with Crippen LogP contribution in [0.5, 0.6) is 0 Å². The number of nitrogens with zero attached hydrogens (tertiary/aromatic N) is 6. The Balaban J connectivity index is 1.28. The molecule has 0 spiro atoms. The van der Waals surface area contributed by atoms with Gasteiger partial charge in [-0.15, -0.1) is 0 Å². The van der Waals surface area contributed by atoms with Crippen molar-refractivity contribution in [3.63, 3.8) is 0 Å². The van der Waals surface area contributed by atoms with E-state index in [4.69, 9.17) is 4.63 Å². The molecule has 25 heavy (non-hydrogen) atoms. The van der Waals surface area contributed by atoms with Crippen molar-refractivity contribution < 1.29 is 4.63 Å². The summed E-state index contributed by atoms with van der Waals surface area (Å²) < 4.78 is 6.40. The van der Waals surface area contributed by atoms with Gasteiger partial charge in [-0.3, -0.25) is 14.6 Å². The molecule has 0 N–H and O–H groups in total. The van der Waals surface area contributed by atoms with Gasteiger partial charge in [0.1, 0.15) is 11.4 Å². The fraction of sp³-hybridized carbons (Fsp3) is 0.647. The van der Waals surface area contributed by atoms with E-state index >= 15 is 0 Å². The van der Waals surface area contributed by atoms with Gasteiger partial charge >= 0.3 is 0 Å². The standard InChI is InChI=1S/C17H24N6O2/c1-13-16(20-25-19-13)12-22-7-5-21(6-8-22)9-10-23-17(24)11-14-3-2-4-15(14)18-23/h11H,2-10,12H2,1H3. The Morgan fingerprint density at radius 2 is 1.88 bits per heavy atom. The number of hydrogen-bond acceptors (Lipinski definition) is 7. The number of hydrogen-bond donors (Lipinski definition) is 0. The van der Waals surface area contributed by atoms with Crippen LogP contribution in [0, 0.1) is 6.92 Å². The molecule has 8 nitrogen and oxygen atoms in total. The molecule has 4 rings (SSSR count). The fourth-order valence-corrected chi connectivity index (χ4v) is 3.61. The molecule has 8 heteroatoms. The summed E-state index contributed by atoms with van der Waals surface area (Å²) >= 11 is 0. The number of fused-ring (bicyclic) bond motifs is 1. The van der Waals surface area contributed by atoms with E-state index in [0.717, 1.165) is 81.2 Å². The molecular formula is C17H24N6O2. The van der Waals surface area contributed by atoms with E-state index in [1.54, 1.807) is 10.7 Å². The minimum atomic E-state index is 0.0355. The molecule has 0 unspecified atom stereocenters. The van der Waals surface area contributed by atoms with Crippen LogP contribution in [0.2, 0.25) is 0 Å². The third-order valence-electron chi connectivity index (χ3n) is 5.24. The van der Waals surface area contributed by atoms with E-state index in [0.29, 0.717) is 6.54 Å². The minimum absolute atomic E-state index is 0.0355. The van der Waals surface area contributed by atoms with Crippen LogP contribution in [-0.2, 0) is 25.9 Å². The lowest BCUT2D eigenvalue weighted by atomic mass is 10.2. The van der Waals surface area contributed by atoms with Crippen LogP contribution in [-0.4, -0.2) is 62.6 Å². The van der Waals surface area contributed by atoms with Crippen molar-refractivity contribution in [1.29, 1.82) is 0 Å². The van der Waals surface area contributed by atoms with Crippen molar-refractivity contribution in [1.82, 2.24) is 29.9 Å². The van der Waals surface area contributed by atoms with Gasteiger partial charge in [0.25, 0.3) is 5.56 Å². The van der Waals surface area contributed by atoms with E-state index in [1.165, 1.54) is 0 Å². The quantitative estimate of drug-likeness (QED) is 0.769. The normalized spacial score (nSPS) is 18.6. The van der Waals surface area contributed by atoms with E-state index < -0.39 is 0 Å². The van der Waals surface area contributed by atoms with Crippen LogP contribution < -0.4 is 5.56 Å². The van der Waals surface area contributed by atoms with Crippen molar-refractivity contribution >= 4 is 0 Å². The Labute approximate surface area is 146 Å². The maximum atomic E-state index is 12.2. The van der Waals surface area contributed by atoms with E-state index in [-0.39, 0.29) is 5.56 Å². The summed E-state index contributed by atoms with van der Waals surface area (Å²) in [6.07, 6.45) is 3.12. The first-order valence-corrected chi connectivity index (χ1v) is 9.02. The highest BCUT2D eigenvalue weighted by Gasteiger charge is 2.20. The molecule has 1 saturated heterocycles. The van der Waals surface area contributed by atoms with Crippen LogP contribution in [0.4, 0.5) is 0 Å². The summed E-state index contributed by atoms with van der Waals surface area (Å²) in [6.45, 7) is 8.19. The average Bonchev–Trinajstić information content (AvgIpc) is 3.23. The third kappa shape index (κ3) is 3.64. The summed E-state index contributed by atoms with van der Waals surface area (Å²) in [5.74, 6) is 0. The van der Waals surface area contributed by atoms with Crippen LogP contribution in [0.3, 0.4) is 0 Å². The summed E-state index contributed by atoms with van der Waals surface area (Å²) in [5, 5.41) is 12.3. The van der Waals surface area contributed by atoms with Gasteiger partial charge in [-0.2, -0.15) is 5.10 Å². The van der Waals surface area contributed by atoms with Crippen LogP contribution in [0.25, 0.3) is 0 Å². The van der Waals surface area contributed by atoms with Crippen molar-refractivity contribution in [2.45, 2.75) is 39.3 Å². The van der Waals surface area contributed by atoms with Crippen LogP contribution >= 0.6 is 0 Å². The highest BCUT2D eigenvalue weighted by atomic mass is 16.6. The number of rotatable bonds is 5. The summed E-state index contributed by atoms with van der Waals surface area (Å²) in [4.78, 5) is 16.9. The van der Waals surface area contributed by atoms with Crippen LogP contribution in [0.1, 0.15) is 29.1 Å². The average molecular weight is 344 g/mol. The van der Waals surface area contributed by atoms with Gasteiger partial charge < -0.3 is 0 Å². The second kappa shape index (κ2) is 7.05. The molecule has 0 amide bonds. The van der Waals surface area contributed by atoms with Gasteiger partial charge in [0.15, 0.2) is 0 Å². The SMILES string of the molecule is Cc1nonc1CN1CCN(CCn2nc3c(cc2=O)CCC3)CC1. The lowest BCUT2D eigenvalue weighted by Gasteiger charge is -2.34. The zero-order valence-corrected chi connectivity index (χ0v) is 14.6. The topological polar surface area (TPSA) is 80.3 Å². The van der Waals surface area contributed by atoms with Crippen molar-refractivity contribution in [2.75, 3.05) is 32.7 Å². The molecule has 1 aliphatic heterocycles. The minimum Gasteiger partial charge on any atom is -0.299 e. The number of aromatic nitrogens is 4. The summed E-state index contributed by atoms with van der Waals surface area (Å²) in [5.41, 5.74) is 4.08. The monoisotopic (exact) mass is 344 g/mol. The molecule has 0 aromatic carbocycles. The molecule has 2 aromatic heterocycles. The van der Waals surface area contributed by atoms with Crippen molar-refractivity contribution in [3.8, 4) is 0 Å². The second-order valence-electron chi connectivity index (χ2n) is 6.95. The molecule has 1 fully saturated rings. The Morgan fingerprint density at radius 3 is 2.64 bits per heavy atom. The molecule has 2 aliphatic rings. The van der Waals surface area contributed by atoms with Gasteiger partial charge in [-0.25, -0.2) is 9.31 Å². The lowest BCUT2D eigenvalue weighted by Crippen LogP contribution is -2.47. The molecule has 0 bridgehead atoms. The second-order valence-corrected chi connectivity index (χ2v) is 6.95. The molecule has 134 valence electrons. The zero-order chi connectivity index (χ0) is 17.2. The highest BCUT2D eigenvalue weighted by molar-refractivity contribution is 5.22. The largest absolute Gasteiger partial charge is 0.299 e. The first-order valence-electron chi connectivity index (χ1n) is 9.02. The molecule has 0 radical (unpaired) electrons. The summed E-state index contributed by atoms with van der Waals surface area (Å²) in [7, 11) is 0. The molecule has 2 aromatic rings. The van der Waals surface area contributed by atoms with E-state index in [1.807, 2.05) is 6.92 Å². The van der Waals surface area contributed by atoms with Crippen LogP contribution in [0.15, 0.2) is 15.5 Å². The number of piperazine rings is 1. The van der Waals surface area contributed by atoms with Gasteiger partial charge in [0, 0.05) is 45.3 Å². The maximum absolute atomic E-state index is 12.2. The predicted octanol–water partition coefficient (Wildman–Crippen LogP) is 0.241. The van der Waals surface area contributed by atoms with Gasteiger partial charge in [0.05, 0.1) is 12.2 Å². The Hall–Kier alpha value is -2.06. The Kier molecular flexibility index (Phi) is 4.63. The molecule has 0 atom stereocenters. The number of aryl methyl sites for hydroxylation is 3. The lowest BCUT2D eigenvalue weighted by molar-refractivity contribution is 0.120. The fourth-order valence-electron chi connectivity index (χ4n) is 3.61. The Morgan fingerprint density at radius 1 is 1.08 bits per heavy atom. The van der Waals surface area contributed by atoms with Crippen molar-refractivity contribution in [2.24, 2.45) is 0 Å². The van der Waals surface area contributed by atoms with Gasteiger partial charge in [-0.1, -0.05) is 10.3 Å². The maximum Gasteiger partial charge on any atom is 0.267 e. The highest BCUT2D eigenvalue weighted by Crippen LogP contribution is 2.17. The zero-order valence-electron chi connectivity index (χ0n) is 14.6. The molecule has 3 heterocycles. The van der Waals surface area contributed by atoms with Crippen molar-refractivity contribution in [3.05, 3.63) is 39.1 Å². The smallest absolute Gasteiger partial charge is 0.267 e. The van der Waals surface area contributed by atoms with E-state index in [9.17, 15) is 4.79 Å². The Bertz CT molecular complexity index is 791. The molecular weight excluding hydrogens is 320 g/mol. The van der Waals surface area contributed by atoms with E-state index in [2.05, 4.69) is 25.2 Å². The van der Waals surface area contributed by atoms with Gasteiger partial charge in [0.2, 0.25) is 0 Å². The first kappa shape index (κ1) is 16.4. The first-order chi connectivity index (χ1) is 12.2.